The SMILES string of the molecule is c1ccc(-c2cc(-c3ccc(C45CC6CC(C4)C65)cc3)nc(-c3ccc(-c4ccc(-c5nc(-c6ccccc6)nc(-c6ccc7ccccc7c6)n5)cc4)cc3)n2)cc1. The highest BCUT2D eigenvalue weighted by atomic mass is 15.0. The first-order chi connectivity index (χ1) is 29.1. The van der Waals surface area contributed by atoms with Crippen LogP contribution in [-0.4, -0.2) is 24.9 Å². The lowest BCUT2D eigenvalue weighted by Gasteiger charge is -2.76. The van der Waals surface area contributed by atoms with Crippen LogP contribution in [0, 0.1) is 17.8 Å². The summed E-state index contributed by atoms with van der Waals surface area (Å²) < 4.78 is 0. The first-order valence-corrected chi connectivity index (χ1v) is 20.7. The van der Waals surface area contributed by atoms with Gasteiger partial charge in [-0.05, 0) is 82.0 Å². The molecule has 5 nitrogen and oxygen atoms in total. The zero-order valence-corrected chi connectivity index (χ0v) is 32.4. The zero-order chi connectivity index (χ0) is 38.9. The quantitative estimate of drug-likeness (QED) is 0.154. The van der Waals surface area contributed by atoms with E-state index in [1.807, 2.05) is 36.4 Å². The molecule has 3 saturated carbocycles. The molecule has 2 unspecified atom stereocenters. The summed E-state index contributed by atoms with van der Waals surface area (Å²) in [5, 5.41) is 2.33. The largest absolute Gasteiger partial charge is 0.228 e. The molecule has 0 aliphatic heterocycles. The van der Waals surface area contributed by atoms with E-state index in [4.69, 9.17) is 24.9 Å². The number of fused-ring (bicyclic) bond motifs is 1. The maximum Gasteiger partial charge on any atom is 0.164 e. The Morgan fingerprint density at radius 1 is 0.339 bits per heavy atom. The predicted octanol–water partition coefficient (Wildman–Crippen LogP) is 12.8. The van der Waals surface area contributed by atoms with E-state index in [9.17, 15) is 0 Å². The Bertz CT molecular complexity index is 3000. The van der Waals surface area contributed by atoms with Gasteiger partial charge in [-0.3, -0.25) is 0 Å². The second-order valence-corrected chi connectivity index (χ2v) is 16.6. The van der Waals surface area contributed by atoms with Crippen molar-refractivity contribution in [3.8, 4) is 79.2 Å². The molecule has 0 saturated heterocycles. The van der Waals surface area contributed by atoms with Gasteiger partial charge in [-0.1, -0.05) is 170 Å². The average molecular weight is 758 g/mol. The molecule has 9 aromatic rings. The lowest BCUT2D eigenvalue weighted by Crippen LogP contribution is -2.71. The van der Waals surface area contributed by atoms with Crippen molar-refractivity contribution >= 4 is 10.8 Å². The lowest BCUT2D eigenvalue weighted by molar-refractivity contribution is -0.219. The first kappa shape index (κ1) is 34.0. The van der Waals surface area contributed by atoms with Crippen molar-refractivity contribution in [2.45, 2.75) is 24.7 Å². The molecule has 0 radical (unpaired) electrons. The van der Waals surface area contributed by atoms with Gasteiger partial charge >= 0.3 is 0 Å². The van der Waals surface area contributed by atoms with Crippen LogP contribution in [0.3, 0.4) is 0 Å². The van der Waals surface area contributed by atoms with Crippen LogP contribution in [-0.2, 0) is 5.41 Å². The minimum absolute atomic E-state index is 0.459. The third-order valence-corrected chi connectivity index (χ3v) is 13.4. The summed E-state index contributed by atoms with van der Waals surface area (Å²) in [5.74, 6) is 5.57. The number of hydrogen-bond donors (Lipinski definition) is 0. The van der Waals surface area contributed by atoms with E-state index in [0.29, 0.717) is 22.9 Å². The fraction of sp³-hybridized carbons (Fsp3) is 0.130. The Morgan fingerprint density at radius 2 is 0.763 bits per heavy atom. The first-order valence-electron chi connectivity index (χ1n) is 20.7. The Hall–Kier alpha value is -7.11. The second-order valence-electron chi connectivity index (χ2n) is 16.6. The molecule has 2 atom stereocenters. The van der Waals surface area contributed by atoms with Crippen LogP contribution in [0.2, 0.25) is 0 Å². The van der Waals surface area contributed by atoms with Gasteiger partial charge in [0.1, 0.15) is 0 Å². The van der Waals surface area contributed by atoms with Crippen LogP contribution >= 0.6 is 0 Å². The molecule has 0 bridgehead atoms. The van der Waals surface area contributed by atoms with Crippen molar-refractivity contribution in [1.82, 2.24) is 24.9 Å². The molecule has 2 aromatic heterocycles. The van der Waals surface area contributed by atoms with Gasteiger partial charge in [-0.15, -0.1) is 0 Å². The number of rotatable bonds is 8. The van der Waals surface area contributed by atoms with Crippen molar-refractivity contribution in [3.05, 3.63) is 188 Å². The molecule has 12 rings (SSSR count). The van der Waals surface area contributed by atoms with Crippen LogP contribution < -0.4 is 0 Å². The fourth-order valence-electron chi connectivity index (χ4n) is 10.3. The smallest absolute Gasteiger partial charge is 0.164 e. The monoisotopic (exact) mass is 757 g/mol. The number of benzene rings is 7. The fourth-order valence-corrected chi connectivity index (χ4v) is 10.3. The number of hydrogen-bond acceptors (Lipinski definition) is 5. The van der Waals surface area contributed by atoms with Crippen molar-refractivity contribution in [1.29, 1.82) is 0 Å². The van der Waals surface area contributed by atoms with Gasteiger partial charge in [0.25, 0.3) is 0 Å². The molecule has 0 amide bonds. The Morgan fingerprint density at radius 3 is 1.32 bits per heavy atom. The summed E-state index contributed by atoms with van der Waals surface area (Å²) in [5.41, 5.74) is 12.1. The van der Waals surface area contributed by atoms with Crippen LogP contribution in [0.25, 0.3) is 90.0 Å². The summed E-state index contributed by atoms with van der Waals surface area (Å²) in [6, 6.07) is 63.7. The Labute approximate surface area is 343 Å². The van der Waals surface area contributed by atoms with E-state index in [1.165, 1.54) is 30.2 Å². The second kappa shape index (κ2) is 13.5. The van der Waals surface area contributed by atoms with Crippen molar-refractivity contribution in [3.63, 3.8) is 0 Å². The van der Waals surface area contributed by atoms with E-state index >= 15 is 0 Å². The van der Waals surface area contributed by atoms with Crippen molar-refractivity contribution in [2.24, 2.45) is 17.8 Å². The Balaban J connectivity index is 0.849. The molecule has 5 heteroatoms. The van der Waals surface area contributed by atoms with Crippen molar-refractivity contribution < 1.29 is 0 Å². The topological polar surface area (TPSA) is 64.5 Å². The molecule has 280 valence electrons. The lowest BCUT2D eigenvalue weighted by atomic mass is 9.28. The normalized spacial score (nSPS) is 19.9. The third kappa shape index (κ3) is 5.79. The molecule has 0 spiro atoms. The molecule has 3 aliphatic rings. The van der Waals surface area contributed by atoms with Gasteiger partial charge in [0.2, 0.25) is 0 Å². The summed E-state index contributed by atoms with van der Waals surface area (Å²) >= 11 is 0. The number of nitrogens with zero attached hydrogens (tertiary/aromatic N) is 5. The molecule has 2 heterocycles. The summed E-state index contributed by atoms with van der Waals surface area (Å²) in [6.07, 6.45) is 4.23. The standard InChI is InChI=1S/C54H39N5/c1-3-10-37(11-4-1)47-31-48(38-25-27-46(28-26-38)54-32-44-30-45(33-54)49(44)54)56-50(55-47)40-20-15-35(16-21-40)36-17-22-41(23-18-36)52-57-51(39-12-5-2-6-13-39)58-53(59-52)43-24-19-34-9-7-8-14-42(34)29-43/h1-29,31,44-45,49H,30,32-33H2. The minimum Gasteiger partial charge on any atom is -0.228 e. The maximum absolute atomic E-state index is 5.16. The summed E-state index contributed by atoms with van der Waals surface area (Å²) in [4.78, 5) is 25.2. The van der Waals surface area contributed by atoms with Gasteiger partial charge in [-0.2, -0.15) is 0 Å². The van der Waals surface area contributed by atoms with Crippen LogP contribution in [0.5, 0.6) is 0 Å². The molecule has 3 aliphatic carbocycles. The van der Waals surface area contributed by atoms with E-state index in [0.717, 1.165) is 84.9 Å². The van der Waals surface area contributed by atoms with Gasteiger partial charge in [0.15, 0.2) is 23.3 Å². The van der Waals surface area contributed by atoms with Crippen LogP contribution in [0.4, 0.5) is 0 Å². The van der Waals surface area contributed by atoms with E-state index in [1.54, 1.807) is 0 Å². The van der Waals surface area contributed by atoms with E-state index in [-0.39, 0.29) is 0 Å². The van der Waals surface area contributed by atoms with Gasteiger partial charge < -0.3 is 0 Å². The zero-order valence-electron chi connectivity index (χ0n) is 32.4. The Kier molecular flexibility index (Phi) is 7.77. The molecular formula is C54H39N5. The molecule has 0 N–H and O–H groups in total. The summed E-state index contributed by atoms with van der Waals surface area (Å²) in [6.45, 7) is 0. The van der Waals surface area contributed by atoms with E-state index in [2.05, 4.69) is 146 Å². The maximum atomic E-state index is 5.16. The van der Waals surface area contributed by atoms with Crippen molar-refractivity contribution in [2.75, 3.05) is 0 Å². The highest BCUT2D eigenvalue weighted by Gasteiger charge is 2.71. The third-order valence-electron chi connectivity index (χ3n) is 13.4. The average Bonchev–Trinajstić information content (AvgIpc) is 3.31. The molecule has 3 fully saturated rings. The van der Waals surface area contributed by atoms with Gasteiger partial charge in [0.05, 0.1) is 11.4 Å². The highest BCUT2D eigenvalue weighted by molar-refractivity contribution is 5.86. The predicted molar refractivity (Wildman–Crippen MR) is 237 cm³/mol. The van der Waals surface area contributed by atoms with Crippen LogP contribution in [0.1, 0.15) is 24.8 Å². The highest BCUT2D eigenvalue weighted by Crippen LogP contribution is 2.77. The minimum atomic E-state index is 0.459. The van der Waals surface area contributed by atoms with Gasteiger partial charge in [-0.25, -0.2) is 24.9 Å². The van der Waals surface area contributed by atoms with Crippen LogP contribution in [0.15, 0.2) is 182 Å². The number of aromatic nitrogens is 5. The van der Waals surface area contributed by atoms with Gasteiger partial charge in [0, 0.05) is 33.4 Å². The molecular weight excluding hydrogens is 719 g/mol. The molecule has 59 heavy (non-hydrogen) atoms. The molecule has 7 aromatic carbocycles. The van der Waals surface area contributed by atoms with E-state index < -0.39 is 0 Å². The summed E-state index contributed by atoms with van der Waals surface area (Å²) in [7, 11) is 0.